The van der Waals surface area contributed by atoms with E-state index in [1.165, 1.54) is 116 Å². The molecule has 0 fully saturated rings. The highest BCUT2D eigenvalue weighted by molar-refractivity contribution is 7.47. The fraction of sp³-hybridized carbons (Fsp3) is 0.944. The Kier molecular flexibility index (Phi) is 33.2. The quantitative estimate of drug-likeness (QED) is 0.0379. The zero-order valence-corrected chi connectivity index (χ0v) is 30.9. The zero-order valence-electron chi connectivity index (χ0n) is 30.0. The van der Waals surface area contributed by atoms with Crippen LogP contribution in [-0.4, -0.2) is 56.3 Å². The summed E-state index contributed by atoms with van der Waals surface area (Å²) in [6.07, 6.45) is 28.5. The van der Waals surface area contributed by atoms with Crippen LogP contribution in [0.5, 0.6) is 0 Å². The molecular weight excluding hydrogens is 605 g/mol. The van der Waals surface area contributed by atoms with E-state index in [1.807, 2.05) is 0 Å². The van der Waals surface area contributed by atoms with Gasteiger partial charge >= 0.3 is 19.8 Å². The summed E-state index contributed by atoms with van der Waals surface area (Å²) in [5, 5.41) is 2.82. The molecule has 2 N–H and O–H groups in total. The number of hydrogen-bond acceptors (Lipinski definition) is 8. The van der Waals surface area contributed by atoms with Gasteiger partial charge in [0.1, 0.15) is 6.61 Å². The van der Waals surface area contributed by atoms with Crippen LogP contribution < -0.4 is 5.32 Å². The van der Waals surface area contributed by atoms with Crippen LogP contribution in [-0.2, 0) is 32.7 Å². The van der Waals surface area contributed by atoms with Crippen molar-refractivity contribution in [2.45, 2.75) is 187 Å². The lowest BCUT2D eigenvalue weighted by Gasteiger charge is -2.20. The third-order valence-electron chi connectivity index (χ3n) is 8.23. The number of phosphoric ester groups is 1. The summed E-state index contributed by atoms with van der Waals surface area (Å²) >= 11 is 0. The number of phosphoric acid groups is 1. The Balaban J connectivity index is 4.26. The van der Waals surface area contributed by atoms with Crippen LogP contribution in [0.3, 0.4) is 0 Å². The van der Waals surface area contributed by atoms with Crippen molar-refractivity contribution in [2.75, 3.05) is 33.4 Å². The fourth-order valence-electron chi connectivity index (χ4n) is 5.32. The van der Waals surface area contributed by atoms with E-state index in [9.17, 15) is 19.0 Å². The Morgan fingerprint density at radius 2 is 0.978 bits per heavy atom. The summed E-state index contributed by atoms with van der Waals surface area (Å²) in [5.74, 6) is -0.798. The molecule has 2 unspecified atom stereocenters. The lowest BCUT2D eigenvalue weighted by atomic mass is 10.0. The molecule has 0 amide bonds. The number of carbonyl (C=O) groups is 2. The molecule has 46 heavy (non-hydrogen) atoms. The smallest absolute Gasteiger partial charge is 0.462 e. The summed E-state index contributed by atoms with van der Waals surface area (Å²) in [5.41, 5.74) is 0. The summed E-state index contributed by atoms with van der Waals surface area (Å²) in [6.45, 7) is 4.22. The molecule has 274 valence electrons. The molecule has 0 aliphatic rings. The summed E-state index contributed by atoms with van der Waals surface area (Å²) in [4.78, 5) is 34.8. The molecule has 0 aliphatic carbocycles. The van der Waals surface area contributed by atoms with Crippen LogP contribution in [0.25, 0.3) is 0 Å². The molecule has 0 spiro atoms. The van der Waals surface area contributed by atoms with E-state index in [-0.39, 0.29) is 25.6 Å². The van der Waals surface area contributed by atoms with Crippen LogP contribution in [0, 0.1) is 0 Å². The number of hydrogen-bond donors (Lipinski definition) is 2. The third-order valence-corrected chi connectivity index (χ3v) is 9.21. The number of carbonyl (C=O) groups excluding carboxylic acids is 2. The Labute approximate surface area is 282 Å². The maximum Gasteiger partial charge on any atom is 0.472 e. The van der Waals surface area contributed by atoms with Gasteiger partial charge in [0.05, 0.1) is 13.2 Å². The van der Waals surface area contributed by atoms with Gasteiger partial charge in [-0.3, -0.25) is 18.6 Å². The van der Waals surface area contributed by atoms with Crippen molar-refractivity contribution in [3.05, 3.63) is 0 Å². The number of nitrogens with one attached hydrogen (secondary N) is 1. The molecule has 0 bridgehead atoms. The first-order valence-corrected chi connectivity index (χ1v) is 20.5. The van der Waals surface area contributed by atoms with Gasteiger partial charge in [0.25, 0.3) is 0 Å². The number of unbranched alkanes of at least 4 members (excludes halogenated alkanes) is 22. The standard InChI is InChI=1S/C36H72NO8P/c1-4-6-8-10-12-14-16-17-19-20-22-24-26-28-35(38)42-32-34(33-44-46(40,41)43-31-30-37-3)45-36(39)29-27-25-23-21-18-15-13-11-9-7-5-2/h34,37H,4-33H2,1-3H3,(H,40,41). The van der Waals surface area contributed by atoms with Gasteiger partial charge in [-0.15, -0.1) is 0 Å². The molecule has 9 nitrogen and oxygen atoms in total. The van der Waals surface area contributed by atoms with Gasteiger partial charge < -0.3 is 19.7 Å². The van der Waals surface area contributed by atoms with Crippen LogP contribution in [0.1, 0.15) is 181 Å². The first-order valence-electron chi connectivity index (χ1n) is 19.0. The van der Waals surface area contributed by atoms with Gasteiger partial charge in [0.15, 0.2) is 6.10 Å². The second-order valence-electron chi connectivity index (χ2n) is 12.8. The van der Waals surface area contributed by atoms with Gasteiger partial charge in [-0.1, -0.05) is 155 Å². The van der Waals surface area contributed by atoms with E-state index in [1.54, 1.807) is 7.05 Å². The van der Waals surface area contributed by atoms with Crippen molar-refractivity contribution in [1.82, 2.24) is 5.32 Å². The van der Waals surface area contributed by atoms with Gasteiger partial charge in [0.2, 0.25) is 0 Å². The monoisotopic (exact) mass is 677 g/mol. The molecule has 0 rings (SSSR count). The van der Waals surface area contributed by atoms with Gasteiger partial charge in [-0.25, -0.2) is 4.57 Å². The maximum absolute atomic E-state index is 12.5. The topological polar surface area (TPSA) is 120 Å². The minimum atomic E-state index is -4.33. The molecule has 10 heteroatoms. The number of likely N-dealkylation sites (N-methyl/N-ethyl adjacent to an activating group) is 1. The van der Waals surface area contributed by atoms with E-state index in [2.05, 4.69) is 19.2 Å². The fourth-order valence-corrected chi connectivity index (χ4v) is 6.07. The Hall–Kier alpha value is -0.990. The van der Waals surface area contributed by atoms with Crippen molar-refractivity contribution in [1.29, 1.82) is 0 Å². The van der Waals surface area contributed by atoms with Crippen LogP contribution >= 0.6 is 7.82 Å². The van der Waals surface area contributed by atoms with Crippen LogP contribution in [0.2, 0.25) is 0 Å². The molecule has 0 radical (unpaired) electrons. The predicted octanol–water partition coefficient (Wildman–Crippen LogP) is 9.98. The highest BCUT2D eigenvalue weighted by Gasteiger charge is 2.26. The van der Waals surface area contributed by atoms with Crippen molar-refractivity contribution in [3.63, 3.8) is 0 Å². The first kappa shape index (κ1) is 45.0. The SMILES string of the molecule is CCCCCCCCCCCCCCCC(=O)OCC(COP(=O)(O)OCCNC)OC(=O)CCCCCCCCCCCCC. The predicted molar refractivity (Wildman–Crippen MR) is 188 cm³/mol. The Morgan fingerprint density at radius 1 is 0.587 bits per heavy atom. The third kappa shape index (κ3) is 32.9. The van der Waals surface area contributed by atoms with E-state index < -0.39 is 26.5 Å². The second-order valence-corrected chi connectivity index (χ2v) is 14.2. The normalized spacial score (nSPS) is 13.4. The second kappa shape index (κ2) is 33.9. The molecule has 0 saturated carbocycles. The number of rotatable bonds is 36. The maximum atomic E-state index is 12.5. The Bertz CT molecular complexity index is 739. The van der Waals surface area contributed by atoms with Crippen molar-refractivity contribution >= 4 is 19.8 Å². The summed E-state index contributed by atoms with van der Waals surface area (Å²) < 4.78 is 33.0. The largest absolute Gasteiger partial charge is 0.472 e. The lowest BCUT2D eigenvalue weighted by molar-refractivity contribution is -0.161. The molecule has 0 heterocycles. The van der Waals surface area contributed by atoms with Gasteiger partial charge in [-0.05, 0) is 19.9 Å². The number of ether oxygens (including phenoxy) is 2. The Morgan fingerprint density at radius 3 is 1.39 bits per heavy atom. The van der Waals surface area contributed by atoms with Crippen LogP contribution in [0.4, 0.5) is 0 Å². The minimum Gasteiger partial charge on any atom is -0.462 e. The van der Waals surface area contributed by atoms with Gasteiger partial charge in [0, 0.05) is 19.4 Å². The highest BCUT2D eigenvalue weighted by Crippen LogP contribution is 2.43. The molecule has 0 aromatic rings. The van der Waals surface area contributed by atoms with E-state index in [0.29, 0.717) is 19.4 Å². The van der Waals surface area contributed by atoms with Crippen LogP contribution in [0.15, 0.2) is 0 Å². The number of esters is 2. The van der Waals surface area contributed by atoms with E-state index in [0.717, 1.165) is 32.1 Å². The first-order chi connectivity index (χ1) is 22.3. The highest BCUT2D eigenvalue weighted by atomic mass is 31.2. The molecule has 0 aromatic carbocycles. The molecule has 0 aliphatic heterocycles. The molecule has 2 atom stereocenters. The van der Waals surface area contributed by atoms with Crippen molar-refractivity contribution < 1.29 is 37.6 Å². The van der Waals surface area contributed by atoms with E-state index >= 15 is 0 Å². The van der Waals surface area contributed by atoms with E-state index in [4.69, 9.17) is 18.5 Å². The summed E-state index contributed by atoms with van der Waals surface area (Å²) in [7, 11) is -2.63. The summed E-state index contributed by atoms with van der Waals surface area (Å²) in [6, 6.07) is 0. The van der Waals surface area contributed by atoms with Gasteiger partial charge in [-0.2, -0.15) is 0 Å². The molecule has 0 saturated heterocycles. The average Bonchev–Trinajstić information content (AvgIpc) is 3.03. The minimum absolute atomic E-state index is 0.0122. The average molecular weight is 678 g/mol. The zero-order chi connectivity index (χ0) is 34.0. The lowest BCUT2D eigenvalue weighted by Crippen LogP contribution is -2.29. The van der Waals surface area contributed by atoms with Crippen molar-refractivity contribution in [3.8, 4) is 0 Å². The molecular formula is C36H72NO8P. The molecule has 0 aromatic heterocycles. The van der Waals surface area contributed by atoms with Crippen molar-refractivity contribution in [2.24, 2.45) is 0 Å².